The lowest BCUT2D eigenvalue weighted by molar-refractivity contribution is 0.415. The molecule has 0 aliphatic rings. The Morgan fingerprint density at radius 3 is 2.58 bits per heavy atom. The highest BCUT2D eigenvalue weighted by molar-refractivity contribution is 5.46. The van der Waals surface area contributed by atoms with Crippen molar-refractivity contribution in [1.82, 2.24) is 14.8 Å². The van der Waals surface area contributed by atoms with Crippen molar-refractivity contribution in [3.05, 3.63) is 40.6 Å². The molecule has 1 heterocycles. The molecule has 2 aromatic rings. The maximum atomic E-state index is 11.6. The number of nitrogens with one attached hydrogen (secondary N) is 2. The Balaban J connectivity index is 2.01. The first-order chi connectivity index (χ1) is 9.10. The minimum absolute atomic E-state index is 0.0542. The van der Waals surface area contributed by atoms with Crippen LogP contribution in [0, 0.1) is 0 Å². The quantitative estimate of drug-likeness (QED) is 0.861. The van der Waals surface area contributed by atoms with Crippen molar-refractivity contribution < 1.29 is 4.74 Å². The van der Waals surface area contributed by atoms with E-state index in [9.17, 15) is 4.79 Å². The third-order valence-electron chi connectivity index (χ3n) is 2.73. The van der Waals surface area contributed by atoms with Gasteiger partial charge < -0.3 is 10.1 Å². The van der Waals surface area contributed by atoms with Gasteiger partial charge in [-0.15, -0.1) is 0 Å². The fourth-order valence-corrected chi connectivity index (χ4v) is 1.71. The zero-order chi connectivity index (χ0) is 13.8. The molecule has 19 heavy (non-hydrogen) atoms. The van der Waals surface area contributed by atoms with E-state index < -0.39 is 0 Å². The standard InChI is InChI=1S/C13H18N4O2/c1-9(2)17-13(18)15-12(16-17)8-14-10-4-6-11(19-3)7-5-10/h4-7,9,14H,8H2,1-3H3,(H,15,16,18). The van der Waals surface area contributed by atoms with Crippen molar-refractivity contribution in [2.75, 3.05) is 12.4 Å². The fraction of sp³-hybridized carbons (Fsp3) is 0.385. The third kappa shape index (κ3) is 3.15. The lowest BCUT2D eigenvalue weighted by Crippen LogP contribution is -2.19. The number of aromatic amines is 1. The number of benzene rings is 1. The molecule has 2 N–H and O–H groups in total. The van der Waals surface area contributed by atoms with Crippen LogP contribution in [-0.2, 0) is 6.54 Å². The van der Waals surface area contributed by atoms with Crippen molar-refractivity contribution in [3.63, 3.8) is 0 Å². The first-order valence-electron chi connectivity index (χ1n) is 6.16. The van der Waals surface area contributed by atoms with Gasteiger partial charge >= 0.3 is 5.69 Å². The third-order valence-corrected chi connectivity index (χ3v) is 2.73. The van der Waals surface area contributed by atoms with Crippen LogP contribution in [0.5, 0.6) is 5.75 Å². The number of H-pyrrole nitrogens is 1. The van der Waals surface area contributed by atoms with Crippen LogP contribution in [0.3, 0.4) is 0 Å². The van der Waals surface area contributed by atoms with Gasteiger partial charge in [-0.3, -0.25) is 4.98 Å². The molecule has 0 unspecified atom stereocenters. The van der Waals surface area contributed by atoms with Crippen LogP contribution < -0.4 is 15.7 Å². The van der Waals surface area contributed by atoms with E-state index in [1.54, 1.807) is 7.11 Å². The molecule has 0 aliphatic carbocycles. The van der Waals surface area contributed by atoms with Crippen molar-refractivity contribution in [2.45, 2.75) is 26.4 Å². The van der Waals surface area contributed by atoms with Gasteiger partial charge in [0.05, 0.1) is 19.7 Å². The van der Waals surface area contributed by atoms with Crippen molar-refractivity contribution in [1.29, 1.82) is 0 Å². The van der Waals surface area contributed by atoms with Gasteiger partial charge in [0.2, 0.25) is 0 Å². The lowest BCUT2D eigenvalue weighted by atomic mass is 10.3. The topological polar surface area (TPSA) is 71.9 Å². The van der Waals surface area contributed by atoms with Crippen LogP contribution in [-0.4, -0.2) is 21.9 Å². The summed E-state index contributed by atoms with van der Waals surface area (Å²) in [4.78, 5) is 14.3. The number of ether oxygens (including phenoxy) is 1. The second kappa shape index (κ2) is 5.60. The average molecular weight is 262 g/mol. The summed E-state index contributed by atoms with van der Waals surface area (Å²) in [7, 11) is 1.63. The van der Waals surface area contributed by atoms with E-state index in [4.69, 9.17) is 4.74 Å². The van der Waals surface area contributed by atoms with E-state index in [1.807, 2.05) is 38.1 Å². The molecule has 0 amide bonds. The second-order valence-electron chi connectivity index (χ2n) is 4.50. The first-order valence-corrected chi connectivity index (χ1v) is 6.16. The Bertz CT molecular complexity index is 583. The van der Waals surface area contributed by atoms with Crippen molar-refractivity contribution >= 4 is 5.69 Å². The highest BCUT2D eigenvalue weighted by atomic mass is 16.5. The van der Waals surface area contributed by atoms with Gasteiger partial charge in [-0.05, 0) is 38.1 Å². The fourth-order valence-electron chi connectivity index (χ4n) is 1.71. The number of anilines is 1. The number of rotatable bonds is 5. The zero-order valence-corrected chi connectivity index (χ0v) is 11.3. The first kappa shape index (κ1) is 13.2. The Morgan fingerprint density at radius 1 is 1.37 bits per heavy atom. The number of nitrogens with zero attached hydrogens (tertiary/aromatic N) is 2. The summed E-state index contributed by atoms with van der Waals surface area (Å²) < 4.78 is 6.52. The minimum Gasteiger partial charge on any atom is -0.497 e. The number of methoxy groups -OCH3 is 1. The van der Waals surface area contributed by atoms with Crippen LogP contribution in [0.4, 0.5) is 5.69 Å². The molecule has 6 nitrogen and oxygen atoms in total. The largest absolute Gasteiger partial charge is 0.497 e. The number of aromatic nitrogens is 3. The average Bonchev–Trinajstić information content (AvgIpc) is 2.78. The summed E-state index contributed by atoms with van der Waals surface area (Å²) in [5.41, 5.74) is 0.766. The maximum absolute atomic E-state index is 11.6. The Morgan fingerprint density at radius 2 is 2.05 bits per heavy atom. The van der Waals surface area contributed by atoms with Crippen molar-refractivity contribution in [2.24, 2.45) is 0 Å². The molecular formula is C13H18N4O2. The summed E-state index contributed by atoms with van der Waals surface area (Å²) in [6.45, 7) is 4.31. The van der Waals surface area contributed by atoms with Crippen LogP contribution in [0.2, 0.25) is 0 Å². The number of hydrogen-bond donors (Lipinski definition) is 2. The predicted molar refractivity (Wildman–Crippen MR) is 73.6 cm³/mol. The Kier molecular flexibility index (Phi) is 3.89. The lowest BCUT2D eigenvalue weighted by Gasteiger charge is -2.05. The van der Waals surface area contributed by atoms with Gasteiger partial charge in [0.25, 0.3) is 0 Å². The molecule has 2 rings (SSSR count). The molecule has 0 bridgehead atoms. The predicted octanol–water partition coefficient (Wildman–Crippen LogP) is 1.77. The summed E-state index contributed by atoms with van der Waals surface area (Å²) in [6, 6.07) is 7.63. The molecule has 0 aliphatic heterocycles. The van der Waals surface area contributed by atoms with Gasteiger partial charge in [-0.2, -0.15) is 5.10 Å². The molecule has 1 aromatic carbocycles. The normalized spacial score (nSPS) is 10.7. The molecule has 6 heteroatoms. The summed E-state index contributed by atoms with van der Waals surface area (Å²) in [5, 5.41) is 7.41. The van der Waals surface area contributed by atoms with Gasteiger partial charge in [0, 0.05) is 5.69 Å². The van der Waals surface area contributed by atoms with Crippen LogP contribution >= 0.6 is 0 Å². The second-order valence-corrected chi connectivity index (χ2v) is 4.50. The molecule has 0 atom stereocenters. The smallest absolute Gasteiger partial charge is 0.343 e. The van der Waals surface area contributed by atoms with E-state index in [0.717, 1.165) is 11.4 Å². The van der Waals surface area contributed by atoms with E-state index in [1.165, 1.54) is 4.68 Å². The minimum atomic E-state index is -0.179. The summed E-state index contributed by atoms with van der Waals surface area (Å²) in [6.07, 6.45) is 0. The van der Waals surface area contributed by atoms with Gasteiger partial charge in [0.15, 0.2) is 0 Å². The van der Waals surface area contributed by atoms with E-state index in [-0.39, 0.29) is 11.7 Å². The maximum Gasteiger partial charge on any atom is 0.343 e. The van der Waals surface area contributed by atoms with Gasteiger partial charge in [-0.25, -0.2) is 9.48 Å². The van der Waals surface area contributed by atoms with E-state index in [2.05, 4.69) is 15.4 Å². The molecule has 0 fully saturated rings. The monoisotopic (exact) mass is 262 g/mol. The zero-order valence-electron chi connectivity index (χ0n) is 11.3. The summed E-state index contributed by atoms with van der Waals surface area (Å²) >= 11 is 0. The number of hydrogen-bond acceptors (Lipinski definition) is 4. The van der Waals surface area contributed by atoms with Crippen LogP contribution in [0.1, 0.15) is 25.7 Å². The Hall–Kier alpha value is -2.24. The van der Waals surface area contributed by atoms with Crippen molar-refractivity contribution in [3.8, 4) is 5.75 Å². The van der Waals surface area contributed by atoms with Gasteiger partial charge in [0.1, 0.15) is 11.6 Å². The van der Waals surface area contributed by atoms with Crippen LogP contribution in [0.15, 0.2) is 29.1 Å². The van der Waals surface area contributed by atoms with E-state index in [0.29, 0.717) is 12.4 Å². The molecule has 102 valence electrons. The highest BCUT2D eigenvalue weighted by Crippen LogP contribution is 2.15. The van der Waals surface area contributed by atoms with E-state index >= 15 is 0 Å². The molecule has 0 saturated carbocycles. The van der Waals surface area contributed by atoms with Gasteiger partial charge in [-0.1, -0.05) is 0 Å². The highest BCUT2D eigenvalue weighted by Gasteiger charge is 2.07. The molecule has 0 saturated heterocycles. The van der Waals surface area contributed by atoms with Crippen LogP contribution in [0.25, 0.3) is 0 Å². The molecule has 1 aromatic heterocycles. The summed E-state index contributed by atoms with van der Waals surface area (Å²) in [5.74, 6) is 1.43. The molecule has 0 spiro atoms. The molecule has 0 radical (unpaired) electrons. The Labute approximate surface area is 111 Å². The molecular weight excluding hydrogens is 244 g/mol. The SMILES string of the molecule is COc1ccc(NCc2nn(C(C)C)c(=O)[nH]2)cc1.